The summed E-state index contributed by atoms with van der Waals surface area (Å²) < 4.78 is 2.98. The van der Waals surface area contributed by atoms with Gasteiger partial charge in [0.25, 0.3) is 0 Å². The van der Waals surface area contributed by atoms with E-state index in [0.717, 1.165) is 15.9 Å². The molecule has 3 nitrogen and oxygen atoms in total. The van der Waals surface area contributed by atoms with Crippen molar-refractivity contribution in [1.82, 2.24) is 9.55 Å². The van der Waals surface area contributed by atoms with Crippen LogP contribution in [0.2, 0.25) is 5.02 Å². The van der Waals surface area contributed by atoms with E-state index in [1.807, 2.05) is 36.0 Å². The number of aryl methyl sites for hydroxylation is 1. The third-order valence-corrected chi connectivity index (χ3v) is 3.13. The second-order valence-electron chi connectivity index (χ2n) is 3.47. The molecule has 0 atom stereocenters. The van der Waals surface area contributed by atoms with Crippen molar-refractivity contribution in [2.75, 3.05) is 5.32 Å². The second-order valence-corrected chi connectivity index (χ2v) is 4.80. The van der Waals surface area contributed by atoms with Gasteiger partial charge in [0.05, 0.1) is 29.3 Å². The van der Waals surface area contributed by atoms with Crippen molar-refractivity contribution in [3.05, 3.63) is 45.9 Å². The SMILES string of the molecule is Cn1cncc1CNc1cc(Br)ccc1Cl. The van der Waals surface area contributed by atoms with E-state index in [9.17, 15) is 0 Å². The highest BCUT2D eigenvalue weighted by molar-refractivity contribution is 9.10. The molecule has 0 bridgehead atoms. The minimum atomic E-state index is 0.701. The Balaban J connectivity index is 2.10. The molecule has 0 aliphatic rings. The van der Waals surface area contributed by atoms with Crippen molar-refractivity contribution >= 4 is 33.2 Å². The van der Waals surface area contributed by atoms with Gasteiger partial charge in [0.15, 0.2) is 0 Å². The first-order valence-corrected chi connectivity index (χ1v) is 5.98. The van der Waals surface area contributed by atoms with Crippen molar-refractivity contribution in [3.8, 4) is 0 Å². The van der Waals surface area contributed by atoms with Crippen LogP contribution in [0.5, 0.6) is 0 Å². The van der Waals surface area contributed by atoms with Gasteiger partial charge >= 0.3 is 0 Å². The molecule has 16 heavy (non-hydrogen) atoms. The molecule has 5 heteroatoms. The quantitative estimate of drug-likeness (QED) is 0.941. The highest BCUT2D eigenvalue weighted by Gasteiger charge is 2.02. The van der Waals surface area contributed by atoms with Crippen LogP contribution in [0.15, 0.2) is 35.2 Å². The van der Waals surface area contributed by atoms with Gasteiger partial charge in [0, 0.05) is 17.7 Å². The third-order valence-electron chi connectivity index (χ3n) is 2.30. The molecule has 0 spiro atoms. The normalized spacial score (nSPS) is 10.4. The molecule has 1 N–H and O–H groups in total. The average molecular weight is 301 g/mol. The lowest BCUT2D eigenvalue weighted by Crippen LogP contribution is -2.04. The van der Waals surface area contributed by atoms with Crippen LogP contribution < -0.4 is 5.32 Å². The van der Waals surface area contributed by atoms with Gasteiger partial charge in [-0.05, 0) is 18.2 Å². The number of nitrogens with one attached hydrogen (secondary N) is 1. The summed E-state index contributed by atoms with van der Waals surface area (Å²) in [6.45, 7) is 0.701. The van der Waals surface area contributed by atoms with Crippen LogP contribution in [0.4, 0.5) is 5.69 Å². The molecule has 0 saturated heterocycles. The van der Waals surface area contributed by atoms with Crippen LogP contribution in [0, 0.1) is 0 Å². The van der Waals surface area contributed by atoms with E-state index in [-0.39, 0.29) is 0 Å². The van der Waals surface area contributed by atoms with Gasteiger partial charge in [0.1, 0.15) is 0 Å². The van der Waals surface area contributed by atoms with Gasteiger partial charge < -0.3 is 9.88 Å². The maximum Gasteiger partial charge on any atom is 0.0946 e. The van der Waals surface area contributed by atoms with E-state index in [4.69, 9.17) is 11.6 Å². The van der Waals surface area contributed by atoms with Crippen molar-refractivity contribution < 1.29 is 0 Å². The summed E-state index contributed by atoms with van der Waals surface area (Å²) in [6, 6.07) is 5.73. The van der Waals surface area contributed by atoms with E-state index < -0.39 is 0 Å². The largest absolute Gasteiger partial charge is 0.378 e. The molecule has 0 unspecified atom stereocenters. The molecule has 0 aliphatic carbocycles. The number of hydrogen-bond donors (Lipinski definition) is 1. The molecule has 0 amide bonds. The molecule has 0 radical (unpaired) electrons. The third kappa shape index (κ3) is 2.57. The van der Waals surface area contributed by atoms with Crippen molar-refractivity contribution in [2.45, 2.75) is 6.54 Å². The molecule has 0 saturated carbocycles. The Labute approximate surface area is 108 Å². The molecule has 2 aromatic rings. The number of nitrogens with zero attached hydrogens (tertiary/aromatic N) is 2. The topological polar surface area (TPSA) is 29.9 Å². The number of hydrogen-bond acceptors (Lipinski definition) is 2. The Morgan fingerprint density at radius 3 is 3.00 bits per heavy atom. The van der Waals surface area contributed by atoms with Crippen molar-refractivity contribution in [2.24, 2.45) is 7.05 Å². The molecule has 2 rings (SSSR count). The molecule has 1 aromatic carbocycles. The van der Waals surface area contributed by atoms with Crippen LogP contribution in [0.3, 0.4) is 0 Å². The minimum Gasteiger partial charge on any atom is -0.378 e. The fourth-order valence-corrected chi connectivity index (χ4v) is 1.92. The highest BCUT2D eigenvalue weighted by Crippen LogP contribution is 2.25. The van der Waals surface area contributed by atoms with E-state index in [1.54, 1.807) is 6.33 Å². The first-order valence-electron chi connectivity index (χ1n) is 4.81. The van der Waals surface area contributed by atoms with E-state index in [2.05, 4.69) is 26.2 Å². The zero-order valence-corrected chi connectivity index (χ0v) is 11.1. The Morgan fingerprint density at radius 1 is 1.50 bits per heavy atom. The molecule has 1 aromatic heterocycles. The van der Waals surface area contributed by atoms with Gasteiger partial charge in [-0.25, -0.2) is 4.98 Å². The molecule has 1 heterocycles. The number of imidazole rings is 1. The van der Waals surface area contributed by atoms with Crippen molar-refractivity contribution in [3.63, 3.8) is 0 Å². The first kappa shape index (κ1) is 11.5. The Kier molecular flexibility index (Phi) is 3.51. The summed E-state index contributed by atoms with van der Waals surface area (Å²) in [5.41, 5.74) is 2.02. The summed E-state index contributed by atoms with van der Waals surface area (Å²) >= 11 is 9.48. The van der Waals surface area contributed by atoms with E-state index >= 15 is 0 Å². The number of anilines is 1. The zero-order chi connectivity index (χ0) is 11.5. The number of benzene rings is 1. The predicted octanol–water partition coefficient (Wildman–Crippen LogP) is 3.45. The standard InChI is InChI=1S/C11H11BrClN3/c1-16-7-14-5-9(16)6-15-11-4-8(12)2-3-10(11)13/h2-5,7,15H,6H2,1H3. The number of rotatable bonds is 3. The summed E-state index contributed by atoms with van der Waals surface area (Å²) in [4.78, 5) is 4.05. The first-order chi connectivity index (χ1) is 7.66. The molecular formula is C11H11BrClN3. The number of halogens is 2. The Morgan fingerprint density at radius 2 is 2.31 bits per heavy atom. The highest BCUT2D eigenvalue weighted by atomic mass is 79.9. The maximum absolute atomic E-state index is 6.07. The lowest BCUT2D eigenvalue weighted by atomic mass is 10.3. The summed E-state index contributed by atoms with van der Waals surface area (Å²) in [6.07, 6.45) is 3.61. The smallest absolute Gasteiger partial charge is 0.0946 e. The van der Waals surface area contributed by atoms with Gasteiger partial charge in [0.2, 0.25) is 0 Å². The van der Waals surface area contributed by atoms with Crippen LogP contribution >= 0.6 is 27.5 Å². The van der Waals surface area contributed by atoms with Crippen LogP contribution in [0.1, 0.15) is 5.69 Å². The summed E-state index contributed by atoms with van der Waals surface area (Å²) in [5.74, 6) is 0. The van der Waals surface area contributed by atoms with Crippen LogP contribution in [-0.4, -0.2) is 9.55 Å². The molecule has 0 aliphatic heterocycles. The van der Waals surface area contributed by atoms with Crippen LogP contribution in [-0.2, 0) is 13.6 Å². The van der Waals surface area contributed by atoms with E-state index in [1.165, 1.54) is 0 Å². The predicted molar refractivity (Wildman–Crippen MR) is 69.7 cm³/mol. The number of aromatic nitrogens is 2. The van der Waals surface area contributed by atoms with Gasteiger partial charge in [-0.15, -0.1) is 0 Å². The molecule has 84 valence electrons. The van der Waals surface area contributed by atoms with Gasteiger partial charge in [-0.1, -0.05) is 27.5 Å². The van der Waals surface area contributed by atoms with Crippen LogP contribution in [0.25, 0.3) is 0 Å². The van der Waals surface area contributed by atoms with Gasteiger partial charge in [-0.3, -0.25) is 0 Å². The minimum absolute atomic E-state index is 0.701. The van der Waals surface area contributed by atoms with Crippen molar-refractivity contribution in [1.29, 1.82) is 0 Å². The Hall–Kier alpha value is -1.000. The average Bonchev–Trinajstić information content (AvgIpc) is 2.66. The molecular weight excluding hydrogens is 289 g/mol. The fraction of sp³-hybridized carbons (Fsp3) is 0.182. The maximum atomic E-state index is 6.07. The lowest BCUT2D eigenvalue weighted by molar-refractivity contribution is 0.837. The lowest BCUT2D eigenvalue weighted by Gasteiger charge is -2.09. The zero-order valence-electron chi connectivity index (χ0n) is 8.74. The summed E-state index contributed by atoms with van der Waals surface area (Å²) in [7, 11) is 1.96. The van der Waals surface area contributed by atoms with Gasteiger partial charge in [-0.2, -0.15) is 0 Å². The second kappa shape index (κ2) is 4.89. The molecule has 0 fully saturated rings. The fourth-order valence-electron chi connectivity index (χ4n) is 1.37. The monoisotopic (exact) mass is 299 g/mol. The Bertz CT molecular complexity index is 496. The summed E-state index contributed by atoms with van der Waals surface area (Å²) in [5, 5.41) is 3.99. The van der Waals surface area contributed by atoms with E-state index in [0.29, 0.717) is 11.6 Å².